The van der Waals surface area contributed by atoms with Crippen molar-refractivity contribution in [2.75, 3.05) is 31.6 Å². The van der Waals surface area contributed by atoms with Crippen molar-refractivity contribution in [2.45, 2.75) is 51.0 Å². The average molecular weight is 386 g/mol. The van der Waals surface area contributed by atoms with Crippen LogP contribution in [0.1, 0.15) is 55.3 Å². The molecule has 6 heteroatoms. The molecular weight excluding hydrogens is 354 g/mol. The molecule has 152 valence electrons. The topological polar surface area (TPSA) is 79.5 Å². The highest BCUT2D eigenvalue weighted by Crippen LogP contribution is 2.19. The number of hydrogen-bond donors (Lipinski definition) is 3. The molecular formula is C22H31N3O3. The van der Waals surface area contributed by atoms with Crippen LogP contribution in [0.3, 0.4) is 0 Å². The third-order valence-corrected chi connectivity index (χ3v) is 5.22. The molecule has 0 aromatic heterocycles. The monoisotopic (exact) mass is 385 g/mol. The van der Waals surface area contributed by atoms with Gasteiger partial charge in [-0.15, -0.1) is 0 Å². The summed E-state index contributed by atoms with van der Waals surface area (Å²) in [5.41, 5.74) is 2.67. The van der Waals surface area contributed by atoms with E-state index < -0.39 is 0 Å². The highest BCUT2D eigenvalue weighted by molar-refractivity contribution is 5.97. The Balaban J connectivity index is 1.38. The number of benzene rings is 1. The zero-order chi connectivity index (χ0) is 19.6. The van der Waals surface area contributed by atoms with Crippen LogP contribution in [0.15, 0.2) is 35.9 Å². The van der Waals surface area contributed by atoms with E-state index in [4.69, 9.17) is 4.74 Å². The summed E-state index contributed by atoms with van der Waals surface area (Å²) < 4.78 is 5.52. The molecule has 0 saturated carbocycles. The smallest absolute Gasteiger partial charge is 0.251 e. The highest BCUT2D eigenvalue weighted by Gasteiger charge is 2.17. The van der Waals surface area contributed by atoms with E-state index in [2.05, 4.69) is 22.0 Å². The predicted molar refractivity (Wildman–Crippen MR) is 110 cm³/mol. The van der Waals surface area contributed by atoms with Gasteiger partial charge in [-0.1, -0.05) is 17.7 Å². The lowest BCUT2D eigenvalue weighted by atomic mass is 9.97. The summed E-state index contributed by atoms with van der Waals surface area (Å²) in [6, 6.07) is 7.02. The van der Waals surface area contributed by atoms with Crippen LogP contribution in [0.5, 0.6) is 0 Å². The van der Waals surface area contributed by atoms with Gasteiger partial charge in [0.25, 0.3) is 5.91 Å². The van der Waals surface area contributed by atoms with Gasteiger partial charge < -0.3 is 20.7 Å². The van der Waals surface area contributed by atoms with E-state index in [1.165, 1.54) is 31.3 Å². The number of carbonyl (C=O) groups is 2. The zero-order valence-corrected chi connectivity index (χ0v) is 16.5. The molecule has 1 aromatic carbocycles. The summed E-state index contributed by atoms with van der Waals surface area (Å²) >= 11 is 0. The van der Waals surface area contributed by atoms with E-state index in [1.54, 1.807) is 24.3 Å². The maximum atomic E-state index is 12.3. The lowest BCUT2D eigenvalue weighted by Crippen LogP contribution is -2.32. The van der Waals surface area contributed by atoms with Crippen molar-refractivity contribution in [1.29, 1.82) is 0 Å². The van der Waals surface area contributed by atoms with Gasteiger partial charge in [0, 0.05) is 24.4 Å². The largest absolute Gasteiger partial charge is 0.376 e. The van der Waals surface area contributed by atoms with Crippen molar-refractivity contribution in [3.05, 3.63) is 41.5 Å². The third-order valence-electron chi connectivity index (χ3n) is 5.22. The second kappa shape index (κ2) is 11.0. The third kappa shape index (κ3) is 6.77. The Bertz CT molecular complexity index is 696. The Morgan fingerprint density at radius 3 is 2.89 bits per heavy atom. The molecule has 0 bridgehead atoms. The number of rotatable bonds is 9. The maximum absolute atomic E-state index is 12.3. The SMILES string of the molecule is O=C(CNCCC1=CCCCC1)Nc1cccc(C(=O)NCC2CCCO2)c1. The Hall–Kier alpha value is -2.18. The van der Waals surface area contributed by atoms with Gasteiger partial charge in [0.1, 0.15) is 0 Å². The molecule has 6 nitrogen and oxygen atoms in total. The lowest BCUT2D eigenvalue weighted by Gasteiger charge is -2.13. The number of carbonyl (C=O) groups excluding carboxylic acids is 2. The first kappa shape index (κ1) is 20.6. The van der Waals surface area contributed by atoms with Crippen LogP contribution in [0.2, 0.25) is 0 Å². The van der Waals surface area contributed by atoms with Crippen molar-refractivity contribution < 1.29 is 14.3 Å². The van der Waals surface area contributed by atoms with Crippen LogP contribution in [0.25, 0.3) is 0 Å². The number of nitrogens with one attached hydrogen (secondary N) is 3. The van der Waals surface area contributed by atoms with Gasteiger partial charge >= 0.3 is 0 Å². The number of amides is 2. The molecule has 1 fully saturated rings. The molecule has 28 heavy (non-hydrogen) atoms. The van der Waals surface area contributed by atoms with Crippen molar-refractivity contribution in [2.24, 2.45) is 0 Å². The first-order chi connectivity index (χ1) is 13.7. The molecule has 1 saturated heterocycles. The average Bonchev–Trinajstić information content (AvgIpc) is 3.24. The molecule has 0 radical (unpaired) electrons. The van der Waals surface area contributed by atoms with Crippen LogP contribution in [0, 0.1) is 0 Å². The summed E-state index contributed by atoms with van der Waals surface area (Å²) in [6.45, 7) is 2.37. The van der Waals surface area contributed by atoms with E-state index in [0.29, 0.717) is 17.8 Å². The molecule has 1 aromatic rings. The molecule has 0 spiro atoms. The Labute approximate surface area is 167 Å². The second-order valence-corrected chi connectivity index (χ2v) is 7.51. The van der Waals surface area contributed by atoms with Crippen molar-refractivity contribution in [3.8, 4) is 0 Å². The Morgan fingerprint density at radius 1 is 1.18 bits per heavy atom. The normalized spacial score (nSPS) is 19.1. The fourth-order valence-corrected chi connectivity index (χ4v) is 3.64. The fraction of sp³-hybridized carbons (Fsp3) is 0.545. The molecule has 3 N–H and O–H groups in total. The fourth-order valence-electron chi connectivity index (χ4n) is 3.64. The molecule has 2 aliphatic rings. The van der Waals surface area contributed by atoms with Crippen LogP contribution in [-0.4, -0.2) is 44.2 Å². The summed E-state index contributed by atoms with van der Waals surface area (Å²) in [4.78, 5) is 24.4. The van der Waals surface area contributed by atoms with Gasteiger partial charge in [-0.2, -0.15) is 0 Å². The van der Waals surface area contributed by atoms with Crippen LogP contribution < -0.4 is 16.0 Å². The van der Waals surface area contributed by atoms with E-state index in [1.807, 2.05) is 0 Å². The van der Waals surface area contributed by atoms with Gasteiger partial charge in [-0.25, -0.2) is 0 Å². The van der Waals surface area contributed by atoms with Crippen molar-refractivity contribution in [3.63, 3.8) is 0 Å². The van der Waals surface area contributed by atoms with E-state index in [9.17, 15) is 9.59 Å². The van der Waals surface area contributed by atoms with Gasteiger partial charge in [0.05, 0.1) is 12.6 Å². The standard InChI is InChI=1S/C22H31N3O3/c26-21(16-23-12-11-17-6-2-1-3-7-17)25-19-9-4-8-18(14-19)22(27)24-15-20-10-5-13-28-20/h4,6,8-9,14,20,23H,1-3,5,7,10-13,15-16H2,(H,24,27)(H,25,26). The molecule has 3 rings (SSSR count). The lowest BCUT2D eigenvalue weighted by molar-refractivity contribution is -0.115. The minimum Gasteiger partial charge on any atom is -0.376 e. The van der Waals surface area contributed by atoms with Crippen LogP contribution in [0.4, 0.5) is 5.69 Å². The highest BCUT2D eigenvalue weighted by atomic mass is 16.5. The Morgan fingerprint density at radius 2 is 2.11 bits per heavy atom. The minimum absolute atomic E-state index is 0.102. The van der Waals surface area contributed by atoms with Gasteiger partial charge in [-0.3, -0.25) is 9.59 Å². The zero-order valence-electron chi connectivity index (χ0n) is 16.5. The minimum atomic E-state index is -0.148. The van der Waals surface area contributed by atoms with Crippen LogP contribution in [-0.2, 0) is 9.53 Å². The maximum Gasteiger partial charge on any atom is 0.251 e. The predicted octanol–water partition coefficient (Wildman–Crippen LogP) is 3.01. The summed E-state index contributed by atoms with van der Waals surface area (Å²) in [5.74, 6) is -0.250. The summed E-state index contributed by atoms with van der Waals surface area (Å²) in [5, 5.41) is 8.95. The number of allylic oxidation sites excluding steroid dienone is 1. The van der Waals surface area contributed by atoms with E-state index in [-0.39, 0.29) is 24.5 Å². The van der Waals surface area contributed by atoms with Crippen LogP contribution >= 0.6 is 0 Å². The Kier molecular flexibility index (Phi) is 8.06. The number of anilines is 1. The van der Waals surface area contributed by atoms with Gasteiger partial charge in [0.15, 0.2) is 0 Å². The number of hydrogen-bond acceptors (Lipinski definition) is 4. The van der Waals surface area contributed by atoms with E-state index in [0.717, 1.165) is 32.4 Å². The van der Waals surface area contributed by atoms with Gasteiger partial charge in [0.2, 0.25) is 5.91 Å². The van der Waals surface area contributed by atoms with Crippen molar-refractivity contribution >= 4 is 17.5 Å². The first-order valence-corrected chi connectivity index (χ1v) is 10.4. The quantitative estimate of drug-likeness (QED) is 0.451. The summed E-state index contributed by atoms with van der Waals surface area (Å²) in [7, 11) is 0. The second-order valence-electron chi connectivity index (χ2n) is 7.51. The molecule has 1 atom stereocenters. The molecule has 2 amide bonds. The molecule has 1 unspecified atom stereocenters. The van der Waals surface area contributed by atoms with E-state index >= 15 is 0 Å². The van der Waals surface area contributed by atoms with Crippen molar-refractivity contribution in [1.82, 2.24) is 10.6 Å². The first-order valence-electron chi connectivity index (χ1n) is 10.4. The number of ether oxygens (including phenoxy) is 1. The summed E-state index contributed by atoms with van der Waals surface area (Å²) in [6.07, 6.45) is 10.4. The molecule has 1 heterocycles. The van der Waals surface area contributed by atoms with Gasteiger partial charge in [-0.05, 0) is 69.7 Å². The molecule has 1 aliphatic carbocycles. The molecule has 1 aliphatic heterocycles.